The Morgan fingerprint density at radius 3 is 2.32 bits per heavy atom. The molecule has 25 heavy (non-hydrogen) atoms. The lowest BCUT2D eigenvalue weighted by Crippen LogP contribution is -2.29. The summed E-state index contributed by atoms with van der Waals surface area (Å²) in [5.41, 5.74) is 1.66. The number of amides is 2. The second kappa shape index (κ2) is 6.02. The maximum atomic E-state index is 12.4. The monoisotopic (exact) mass is 352 g/mol. The van der Waals surface area contributed by atoms with Gasteiger partial charge in [0.25, 0.3) is 11.8 Å². The van der Waals surface area contributed by atoms with E-state index in [2.05, 4.69) is 25.7 Å². The summed E-state index contributed by atoms with van der Waals surface area (Å²) in [6, 6.07) is 10.4. The molecule has 0 bridgehead atoms. The van der Waals surface area contributed by atoms with Gasteiger partial charge in [-0.25, -0.2) is 0 Å². The van der Waals surface area contributed by atoms with Gasteiger partial charge in [-0.2, -0.15) is 5.10 Å². The Balaban J connectivity index is 1.49. The molecule has 0 fully saturated rings. The standard InChI is InChI=1S/C16H12N6O2S/c1-9-6-7-12(19-18-9)17-16-21-20-13(25-16)8-22-14(23)10-4-2-3-5-11(10)15(22)24/h2-7H,8H2,1H3,(H,17,19,21). The number of fused-ring (bicyclic) bond motifs is 1. The summed E-state index contributed by atoms with van der Waals surface area (Å²) in [5.74, 6) is -0.0709. The lowest BCUT2D eigenvalue weighted by molar-refractivity contribution is 0.0642. The maximum absolute atomic E-state index is 12.4. The molecular weight excluding hydrogens is 340 g/mol. The van der Waals surface area contributed by atoms with E-state index in [4.69, 9.17) is 0 Å². The van der Waals surface area contributed by atoms with Crippen LogP contribution in [0.4, 0.5) is 10.9 Å². The molecular formula is C16H12N6O2S. The minimum Gasteiger partial charge on any atom is -0.313 e. The van der Waals surface area contributed by atoms with E-state index >= 15 is 0 Å². The molecule has 0 aliphatic carbocycles. The molecule has 124 valence electrons. The van der Waals surface area contributed by atoms with E-state index in [1.807, 2.05) is 13.0 Å². The third-order valence-corrected chi connectivity index (χ3v) is 4.49. The molecule has 2 aromatic heterocycles. The first-order chi connectivity index (χ1) is 12.1. The largest absolute Gasteiger partial charge is 0.313 e. The van der Waals surface area contributed by atoms with Crippen LogP contribution in [0.5, 0.6) is 0 Å². The summed E-state index contributed by atoms with van der Waals surface area (Å²) in [7, 11) is 0. The van der Waals surface area contributed by atoms with Crippen molar-refractivity contribution < 1.29 is 9.59 Å². The van der Waals surface area contributed by atoms with E-state index in [1.54, 1.807) is 30.3 Å². The molecule has 1 aliphatic rings. The Kier molecular flexibility index (Phi) is 3.69. The summed E-state index contributed by atoms with van der Waals surface area (Å²) < 4.78 is 0. The SMILES string of the molecule is Cc1ccc(Nc2nnc(CN3C(=O)c4ccccc4C3=O)s2)nn1. The highest BCUT2D eigenvalue weighted by Crippen LogP contribution is 2.26. The first-order valence-corrected chi connectivity index (χ1v) is 8.28. The number of hydrogen-bond acceptors (Lipinski definition) is 8. The van der Waals surface area contributed by atoms with E-state index < -0.39 is 0 Å². The molecule has 0 unspecified atom stereocenters. The number of rotatable bonds is 4. The van der Waals surface area contributed by atoms with Crippen molar-refractivity contribution in [1.29, 1.82) is 0 Å². The Morgan fingerprint density at radius 2 is 1.68 bits per heavy atom. The van der Waals surface area contributed by atoms with Crippen LogP contribution in [0.1, 0.15) is 31.4 Å². The van der Waals surface area contributed by atoms with Crippen molar-refractivity contribution in [2.45, 2.75) is 13.5 Å². The Morgan fingerprint density at radius 1 is 0.960 bits per heavy atom. The van der Waals surface area contributed by atoms with Crippen molar-refractivity contribution in [2.24, 2.45) is 0 Å². The van der Waals surface area contributed by atoms with Gasteiger partial charge in [-0.05, 0) is 31.2 Å². The number of nitrogens with one attached hydrogen (secondary N) is 1. The van der Waals surface area contributed by atoms with E-state index in [0.29, 0.717) is 27.1 Å². The smallest absolute Gasteiger partial charge is 0.261 e. The summed E-state index contributed by atoms with van der Waals surface area (Å²) in [4.78, 5) is 25.9. The average Bonchev–Trinajstić information content (AvgIpc) is 3.16. The number of imide groups is 1. The van der Waals surface area contributed by atoms with E-state index in [9.17, 15) is 9.59 Å². The van der Waals surface area contributed by atoms with Crippen LogP contribution in [-0.4, -0.2) is 37.1 Å². The zero-order valence-electron chi connectivity index (χ0n) is 13.1. The van der Waals surface area contributed by atoms with Crippen LogP contribution in [0.15, 0.2) is 36.4 Å². The molecule has 1 aromatic carbocycles. The van der Waals surface area contributed by atoms with Crippen LogP contribution >= 0.6 is 11.3 Å². The number of benzene rings is 1. The lowest BCUT2D eigenvalue weighted by Gasteiger charge is -2.10. The minimum absolute atomic E-state index is 0.0886. The van der Waals surface area contributed by atoms with Crippen LogP contribution < -0.4 is 5.32 Å². The number of nitrogens with zero attached hydrogens (tertiary/aromatic N) is 5. The number of carbonyl (C=O) groups excluding carboxylic acids is 2. The van der Waals surface area contributed by atoms with Gasteiger partial charge in [-0.15, -0.1) is 15.3 Å². The molecule has 0 atom stereocenters. The predicted octanol–water partition coefficient (Wildman–Crippen LogP) is 2.18. The van der Waals surface area contributed by atoms with Crippen LogP contribution in [-0.2, 0) is 6.54 Å². The molecule has 0 spiro atoms. The van der Waals surface area contributed by atoms with E-state index in [1.165, 1.54) is 16.2 Å². The molecule has 8 nitrogen and oxygen atoms in total. The second-order valence-electron chi connectivity index (χ2n) is 5.43. The first-order valence-electron chi connectivity index (χ1n) is 7.47. The number of aromatic nitrogens is 4. The van der Waals surface area contributed by atoms with Crippen molar-refractivity contribution in [1.82, 2.24) is 25.3 Å². The van der Waals surface area contributed by atoms with Gasteiger partial charge in [0.15, 0.2) is 5.82 Å². The highest BCUT2D eigenvalue weighted by Gasteiger charge is 2.35. The minimum atomic E-state index is -0.310. The van der Waals surface area contributed by atoms with Gasteiger partial charge in [0.1, 0.15) is 5.01 Å². The highest BCUT2D eigenvalue weighted by atomic mass is 32.1. The van der Waals surface area contributed by atoms with Crippen LogP contribution in [0.25, 0.3) is 0 Å². The molecule has 3 aromatic rings. The second-order valence-corrected chi connectivity index (χ2v) is 6.49. The fourth-order valence-corrected chi connectivity index (χ4v) is 3.20. The Bertz CT molecular complexity index is 934. The number of aryl methyl sites for hydroxylation is 1. The van der Waals surface area contributed by atoms with Crippen LogP contribution in [0, 0.1) is 6.92 Å². The maximum Gasteiger partial charge on any atom is 0.261 e. The van der Waals surface area contributed by atoms with Gasteiger partial charge in [-0.1, -0.05) is 23.5 Å². The zero-order chi connectivity index (χ0) is 17.4. The molecule has 0 saturated heterocycles. The lowest BCUT2D eigenvalue weighted by atomic mass is 10.1. The topological polar surface area (TPSA) is 101 Å². The van der Waals surface area contributed by atoms with Gasteiger partial charge in [-0.3, -0.25) is 14.5 Å². The molecule has 0 saturated carbocycles. The van der Waals surface area contributed by atoms with Crippen LogP contribution in [0.2, 0.25) is 0 Å². The molecule has 3 heterocycles. The Labute approximate surface area is 146 Å². The molecule has 2 amide bonds. The summed E-state index contributed by atoms with van der Waals surface area (Å²) in [6.45, 7) is 1.94. The fraction of sp³-hybridized carbons (Fsp3) is 0.125. The molecule has 9 heteroatoms. The van der Waals surface area contributed by atoms with Crippen molar-refractivity contribution in [3.63, 3.8) is 0 Å². The normalized spacial score (nSPS) is 13.2. The summed E-state index contributed by atoms with van der Waals surface area (Å²) in [6.07, 6.45) is 0. The van der Waals surface area contributed by atoms with Gasteiger partial charge >= 0.3 is 0 Å². The van der Waals surface area contributed by atoms with Crippen molar-refractivity contribution in [3.8, 4) is 0 Å². The van der Waals surface area contributed by atoms with Crippen molar-refractivity contribution >= 4 is 34.1 Å². The third kappa shape index (κ3) is 2.85. The fourth-order valence-electron chi connectivity index (χ4n) is 2.46. The Hall–Kier alpha value is -3.20. The molecule has 4 rings (SSSR count). The van der Waals surface area contributed by atoms with Gasteiger partial charge in [0, 0.05) is 0 Å². The first kappa shape index (κ1) is 15.3. The molecule has 0 radical (unpaired) electrons. The third-order valence-electron chi connectivity index (χ3n) is 3.67. The molecule has 1 N–H and O–H groups in total. The highest BCUT2D eigenvalue weighted by molar-refractivity contribution is 7.15. The zero-order valence-corrected chi connectivity index (χ0v) is 13.9. The number of carbonyl (C=O) groups is 2. The summed E-state index contributed by atoms with van der Waals surface area (Å²) >= 11 is 1.25. The average molecular weight is 352 g/mol. The number of hydrogen-bond donors (Lipinski definition) is 1. The molecule has 1 aliphatic heterocycles. The van der Waals surface area contributed by atoms with Gasteiger partial charge in [0.05, 0.1) is 23.4 Å². The van der Waals surface area contributed by atoms with E-state index in [0.717, 1.165) is 5.69 Å². The van der Waals surface area contributed by atoms with Gasteiger partial charge < -0.3 is 5.32 Å². The quantitative estimate of drug-likeness (QED) is 0.718. The van der Waals surface area contributed by atoms with Crippen molar-refractivity contribution in [2.75, 3.05) is 5.32 Å². The van der Waals surface area contributed by atoms with Crippen molar-refractivity contribution in [3.05, 3.63) is 58.2 Å². The number of anilines is 2. The summed E-state index contributed by atoms with van der Waals surface area (Å²) in [5, 5.41) is 20.1. The predicted molar refractivity (Wildman–Crippen MR) is 90.6 cm³/mol. The van der Waals surface area contributed by atoms with Crippen LogP contribution in [0.3, 0.4) is 0 Å². The van der Waals surface area contributed by atoms with E-state index in [-0.39, 0.29) is 18.4 Å². The van der Waals surface area contributed by atoms with Gasteiger partial charge in [0.2, 0.25) is 5.13 Å².